The van der Waals surface area contributed by atoms with Gasteiger partial charge in [0.2, 0.25) is 0 Å². The van der Waals surface area contributed by atoms with Gasteiger partial charge in [0.1, 0.15) is 11.6 Å². The quantitative estimate of drug-likeness (QED) is 0.569. The van der Waals surface area contributed by atoms with E-state index in [1.165, 1.54) is 0 Å². The Labute approximate surface area is 216 Å². The van der Waals surface area contributed by atoms with Crippen molar-refractivity contribution in [3.63, 3.8) is 0 Å². The zero-order valence-electron chi connectivity index (χ0n) is 21.0. The van der Waals surface area contributed by atoms with Gasteiger partial charge in [0.25, 0.3) is 0 Å². The molecule has 37 heavy (non-hydrogen) atoms. The highest BCUT2D eigenvalue weighted by molar-refractivity contribution is 5.95. The van der Waals surface area contributed by atoms with Crippen LogP contribution in [0.15, 0.2) is 67.0 Å². The van der Waals surface area contributed by atoms with Gasteiger partial charge >= 0.3 is 12.1 Å². The molecule has 0 atom stereocenters. The molecule has 2 saturated heterocycles. The van der Waals surface area contributed by atoms with Crippen LogP contribution in [0.3, 0.4) is 0 Å². The Morgan fingerprint density at radius 1 is 0.622 bits per heavy atom. The summed E-state index contributed by atoms with van der Waals surface area (Å²) in [7, 11) is 0. The summed E-state index contributed by atoms with van der Waals surface area (Å²) in [6.45, 7) is 7.28. The molecule has 2 aliphatic rings. The highest BCUT2D eigenvalue weighted by atomic mass is 16.2. The second-order valence-electron chi connectivity index (χ2n) is 9.16. The highest BCUT2D eigenvalue weighted by Gasteiger charge is 2.24. The second kappa shape index (κ2) is 11.2. The Kier molecular flexibility index (Phi) is 7.34. The maximum atomic E-state index is 13.0. The van der Waals surface area contributed by atoms with Crippen molar-refractivity contribution in [2.24, 2.45) is 0 Å². The fourth-order valence-electron chi connectivity index (χ4n) is 4.65. The maximum Gasteiger partial charge on any atom is 0.321 e. The minimum Gasteiger partial charge on any atom is -0.353 e. The molecule has 2 fully saturated rings. The molecule has 10 nitrogen and oxygen atoms in total. The van der Waals surface area contributed by atoms with Crippen LogP contribution in [0.2, 0.25) is 0 Å². The van der Waals surface area contributed by atoms with Gasteiger partial charge in [0.05, 0.1) is 0 Å². The number of rotatable bonds is 4. The largest absolute Gasteiger partial charge is 0.353 e. The van der Waals surface area contributed by atoms with Crippen LogP contribution in [0.5, 0.6) is 0 Å². The SMILES string of the molecule is Cc1c(NC(=O)N2CCN(c3ccccn3)CC2)cccc1NC(=O)N1CCN(c2ccccn2)CC1. The van der Waals surface area contributed by atoms with Crippen LogP contribution in [0, 0.1) is 6.92 Å². The second-order valence-corrected chi connectivity index (χ2v) is 9.16. The lowest BCUT2D eigenvalue weighted by Gasteiger charge is -2.35. The molecule has 1 aromatic carbocycles. The molecule has 0 unspecified atom stereocenters. The normalized spacial score (nSPS) is 15.9. The average Bonchev–Trinajstić information content (AvgIpc) is 2.96. The highest BCUT2D eigenvalue weighted by Crippen LogP contribution is 2.25. The minimum absolute atomic E-state index is 0.141. The molecule has 2 aliphatic heterocycles. The number of amides is 4. The molecule has 2 N–H and O–H groups in total. The van der Waals surface area contributed by atoms with Crippen LogP contribution < -0.4 is 20.4 Å². The van der Waals surface area contributed by atoms with E-state index in [4.69, 9.17) is 0 Å². The van der Waals surface area contributed by atoms with Crippen molar-refractivity contribution in [1.82, 2.24) is 19.8 Å². The summed E-state index contributed by atoms with van der Waals surface area (Å²) in [5.41, 5.74) is 2.20. The van der Waals surface area contributed by atoms with E-state index in [9.17, 15) is 9.59 Å². The third-order valence-corrected chi connectivity index (χ3v) is 6.90. The number of hydrogen-bond acceptors (Lipinski definition) is 6. The summed E-state index contributed by atoms with van der Waals surface area (Å²) in [5, 5.41) is 6.05. The molecule has 0 spiro atoms. The van der Waals surface area contributed by atoms with Crippen LogP contribution in [-0.4, -0.2) is 84.2 Å². The Hall–Kier alpha value is -4.34. The predicted octanol–water partition coefficient (Wildman–Crippen LogP) is 3.49. The lowest BCUT2D eigenvalue weighted by Crippen LogP contribution is -2.50. The van der Waals surface area contributed by atoms with Crippen LogP contribution >= 0.6 is 0 Å². The zero-order valence-corrected chi connectivity index (χ0v) is 21.0. The number of nitrogens with zero attached hydrogens (tertiary/aromatic N) is 6. The van der Waals surface area contributed by atoms with E-state index in [1.807, 2.05) is 71.3 Å². The van der Waals surface area contributed by atoms with E-state index in [1.54, 1.807) is 12.4 Å². The monoisotopic (exact) mass is 500 g/mol. The van der Waals surface area contributed by atoms with Crippen molar-refractivity contribution in [2.45, 2.75) is 6.92 Å². The van der Waals surface area contributed by atoms with Crippen LogP contribution in [-0.2, 0) is 0 Å². The van der Waals surface area contributed by atoms with Crippen molar-refractivity contribution in [2.75, 3.05) is 72.8 Å². The van der Waals surface area contributed by atoms with Crippen molar-refractivity contribution in [1.29, 1.82) is 0 Å². The number of piperazine rings is 2. The first-order valence-corrected chi connectivity index (χ1v) is 12.6. The number of aromatic nitrogens is 2. The van der Waals surface area contributed by atoms with E-state index in [-0.39, 0.29) is 12.1 Å². The summed E-state index contributed by atoms with van der Waals surface area (Å²) < 4.78 is 0. The molecule has 0 aliphatic carbocycles. The van der Waals surface area contributed by atoms with Crippen molar-refractivity contribution < 1.29 is 9.59 Å². The van der Waals surface area contributed by atoms with Crippen LogP contribution in [0.1, 0.15) is 5.56 Å². The van der Waals surface area contributed by atoms with Crippen molar-refractivity contribution in [3.05, 3.63) is 72.6 Å². The Balaban J connectivity index is 1.14. The van der Waals surface area contributed by atoms with Gasteiger partial charge in [-0.2, -0.15) is 0 Å². The topological polar surface area (TPSA) is 96.9 Å². The molecule has 2 aromatic heterocycles. The van der Waals surface area contributed by atoms with Gasteiger partial charge in [-0.15, -0.1) is 0 Å². The van der Waals surface area contributed by atoms with Gasteiger partial charge in [-0.05, 0) is 48.9 Å². The lowest BCUT2D eigenvalue weighted by molar-refractivity contribution is 0.207. The number of anilines is 4. The number of urea groups is 2. The summed E-state index contributed by atoms with van der Waals surface area (Å²) in [5.74, 6) is 1.86. The third kappa shape index (κ3) is 5.74. The molecule has 10 heteroatoms. The summed E-state index contributed by atoms with van der Waals surface area (Å²) in [4.78, 5) is 42.7. The summed E-state index contributed by atoms with van der Waals surface area (Å²) in [6.07, 6.45) is 3.57. The van der Waals surface area contributed by atoms with E-state index in [0.717, 1.165) is 43.4 Å². The number of nitrogens with one attached hydrogen (secondary N) is 2. The molecular formula is C27H32N8O2. The molecule has 4 amide bonds. The van der Waals surface area contributed by atoms with Crippen molar-refractivity contribution in [3.8, 4) is 0 Å². The Bertz CT molecular complexity index is 1120. The molecule has 5 rings (SSSR count). The summed E-state index contributed by atoms with van der Waals surface area (Å²) >= 11 is 0. The summed E-state index contributed by atoms with van der Waals surface area (Å²) in [6, 6.07) is 17.0. The maximum absolute atomic E-state index is 13.0. The molecule has 192 valence electrons. The Morgan fingerprint density at radius 3 is 1.43 bits per heavy atom. The van der Waals surface area contributed by atoms with E-state index in [2.05, 4.69) is 30.4 Å². The van der Waals surface area contributed by atoms with Gasteiger partial charge in [0, 0.05) is 76.1 Å². The van der Waals surface area contributed by atoms with Gasteiger partial charge in [-0.1, -0.05) is 18.2 Å². The minimum atomic E-state index is -0.141. The smallest absolute Gasteiger partial charge is 0.321 e. The molecular weight excluding hydrogens is 468 g/mol. The zero-order chi connectivity index (χ0) is 25.6. The molecule has 4 heterocycles. The van der Waals surface area contributed by atoms with Gasteiger partial charge < -0.3 is 30.2 Å². The van der Waals surface area contributed by atoms with E-state index >= 15 is 0 Å². The van der Waals surface area contributed by atoms with E-state index < -0.39 is 0 Å². The van der Waals surface area contributed by atoms with Crippen LogP contribution in [0.25, 0.3) is 0 Å². The first-order chi connectivity index (χ1) is 18.1. The fourth-order valence-corrected chi connectivity index (χ4v) is 4.65. The van der Waals surface area contributed by atoms with Crippen molar-refractivity contribution >= 4 is 35.1 Å². The standard InChI is InChI=1S/C27H32N8O2/c1-21-22(30-26(36)34-17-13-32(14-18-34)24-9-2-4-11-28-24)7-6-8-23(21)31-27(37)35-19-15-33(16-20-35)25-10-3-5-12-29-25/h2-12H,13-20H2,1H3,(H,30,36)(H,31,37). The number of carbonyl (C=O) groups is 2. The first-order valence-electron chi connectivity index (χ1n) is 12.6. The number of hydrogen-bond donors (Lipinski definition) is 2. The van der Waals surface area contributed by atoms with E-state index in [0.29, 0.717) is 37.6 Å². The first kappa shape index (κ1) is 24.4. The van der Waals surface area contributed by atoms with Gasteiger partial charge in [0.15, 0.2) is 0 Å². The average molecular weight is 501 g/mol. The van der Waals surface area contributed by atoms with Gasteiger partial charge in [-0.3, -0.25) is 0 Å². The number of pyridine rings is 2. The predicted molar refractivity (Wildman–Crippen MR) is 145 cm³/mol. The molecule has 0 saturated carbocycles. The lowest BCUT2D eigenvalue weighted by atomic mass is 10.1. The molecule has 0 bridgehead atoms. The van der Waals surface area contributed by atoms with Gasteiger partial charge in [-0.25, -0.2) is 19.6 Å². The molecule has 3 aromatic rings. The Morgan fingerprint density at radius 2 is 1.05 bits per heavy atom. The fraction of sp³-hybridized carbons (Fsp3) is 0.333. The molecule has 0 radical (unpaired) electrons. The van der Waals surface area contributed by atoms with Crippen LogP contribution in [0.4, 0.5) is 32.6 Å². The number of benzene rings is 1. The number of carbonyl (C=O) groups excluding carboxylic acids is 2. The third-order valence-electron chi connectivity index (χ3n) is 6.90.